The molecule has 9 heteroatoms. The number of hydrogen-bond acceptors (Lipinski definition) is 5. The number of rotatable bonds is 7. The number of anilines is 1. The standard InChI is InChI=1S/C24H20Cl2N2O5/c1-2-32-24(31)33-19-10-5-16(6-11-19)22(29)27-14-15-3-8-18(9-4-15)28-23(30)20-13-17(25)7-12-21(20)26/h3-13H,2,14H2,1H3,(H,27,29)(H,28,30). The van der Waals surface area contributed by atoms with Crippen LogP contribution in [0.25, 0.3) is 0 Å². The first-order valence-electron chi connectivity index (χ1n) is 9.94. The summed E-state index contributed by atoms with van der Waals surface area (Å²) in [5.41, 5.74) is 2.10. The van der Waals surface area contributed by atoms with E-state index in [1.165, 1.54) is 18.2 Å². The van der Waals surface area contributed by atoms with Crippen LogP contribution >= 0.6 is 23.2 Å². The monoisotopic (exact) mass is 486 g/mol. The molecular weight excluding hydrogens is 467 g/mol. The van der Waals surface area contributed by atoms with Crippen molar-refractivity contribution in [3.05, 3.63) is 93.5 Å². The maximum atomic E-state index is 12.4. The lowest BCUT2D eigenvalue weighted by atomic mass is 10.1. The number of amides is 2. The molecule has 0 aliphatic carbocycles. The maximum Gasteiger partial charge on any atom is 0.513 e. The van der Waals surface area contributed by atoms with E-state index in [2.05, 4.69) is 10.6 Å². The van der Waals surface area contributed by atoms with E-state index in [1.54, 1.807) is 55.5 Å². The number of carbonyl (C=O) groups is 3. The van der Waals surface area contributed by atoms with Crippen LogP contribution in [0.3, 0.4) is 0 Å². The van der Waals surface area contributed by atoms with E-state index in [0.717, 1.165) is 5.56 Å². The van der Waals surface area contributed by atoms with Crippen LogP contribution in [-0.4, -0.2) is 24.6 Å². The highest BCUT2D eigenvalue weighted by atomic mass is 35.5. The summed E-state index contributed by atoms with van der Waals surface area (Å²) in [6, 6.07) is 17.8. The molecule has 0 spiro atoms. The summed E-state index contributed by atoms with van der Waals surface area (Å²) in [5.74, 6) is -0.383. The summed E-state index contributed by atoms with van der Waals surface area (Å²) >= 11 is 12.0. The van der Waals surface area contributed by atoms with Gasteiger partial charge in [-0.1, -0.05) is 35.3 Å². The highest BCUT2D eigenvalue weighted by Crippen LogP contribution is 2.22. The van der Waals surface area contributed by atoms with E-state index in [9.17, 15) is 14.4 Å². The van der Waals surface area contributed by atoms with Crippen LogP contribution in [0.5, 0.6) is 5.75 Å². The summed E-state index contributed by atoms with van der Waals surface area (Å²) in [6.45, 7) is 2.17. The molecule has 0 saturated heterocycles. The minimum atomic E-state index is -0.801. The molecule has 0 aromatic heterocycles. The maximum absolute atomic E-state index is 12.4. The number of ether oxygens (including phenoxy) is 2. The van der Waals surface area contributed by atoms with Gasteiger partial charge in [-0.15, -0.1) is 0 Å². The molecule has 3 rings (SSSR count). The molecule has 0 radical (unpaired) electrons. The van der Waals surface area contributed by atoms with Crippen LogP contribution < -0.4 is 15.4 Å². The van der Waals surface area contributed by atoms with Crippen LogP contribution in [0.2, 0.25) is 10.0 Å². The summed E-state index contributed by atoms with van der Waals surface area (Å²) in [6.07, 6.45) is -0.801. The molecule has 2 N–H and O–H groups in total. The Morgan fingerprint density at radius 1 is 0.879 bits per heavy atom. The van der Waals surface area contributed by atoms with Gasteiger partial charge in [0.15, 0.2) is 0 Å². The lowest BCUT2D eigenvalue weighted by molar-refractivity contribution is 0.0950. The first kappa shape index (κ1) is 24.1. The van der Waals surface area contributed by atoms with E-state index in [4.69, 9.17) is 32.7 Å². The van der Waals surface area contributed by atoms with Gasteiger partial charge in [0.25, 0.3) is 11.8 Å². The van der Waals surface area contributed by atoms with Crippen LogP contribution in [0, 0.1) is 0 Å². The Morgan fingerprint density at radius 3 is 2.24 bits per heavy atom. The van der Waals surface area contributed by atoms with Crippen molar-refractivity contribution in [2.75, 3.05) is 11.9 Å². The molecule has 0 bridgehead atoms. The van der Waals surface area contributed by atoms with Crippen molar-refractivity contribution in [2.24, 2.45) is 0 Å². The van der Waals surface area contributed by atoms with Crippen LogP contribution in [0.15, 0.2) is 66.7 Å². The third-order valence-electron chi connectivity index (χ3n) is 4.42. The fourth-order valence-electron chi connectivity index (χ4n) is 2.78. The Bertz CT molecular complexity index is 1150. The van der Waals surface area contributed by atoms with Crippen molar-refractivity contribution in [3.8, 4) is 5.75 Å². The van der Waals surface area contributed by atoms with Gasteiger partial charge < -0.3 is 20.1 Å². The summed E-state index contributed by atoms with van der Waals surface area (Å²) in [5, 5.41) is 6.28. The molecule has 0 heterocycles. The molecule has 0 atom stereocenters. The molecule has 3 aromatic rings. The lowest BCUT2D eigenvalue weighted by Gasteiger charge is -2.09. The zero-order valence-electron chi connectivity index (χ0n) is 17.6. The predicted octanol–water partition coefficient (Wildman–Crippen LogP) is 5.71. The highest BCUT2D eigenvalue weighted by molar-refractivity contribution is 6.36. The van der Waals surface area contributed by atoms with Crippen LogP contribution in [0.1, 0.15) is 33.2 Å². The second kappa shape index (κ2) is 11.4. The Labute approximate surface area is 200 Å². The molecular formula is C24H20Cl2N2O5. The molecule has 0 aliphatic heterocycles. The fourth-order valence-corrected chi connectivity index (χ4v) is 3.15. The van der Waals surface area contributed by atoms with E-state index < -0.39 is 6.16 Å². The first-order chi connectivity index (χ1) is 15.9. The van der Waals surface area contributed by atoms with Gasteiger partial charge in [0.05, 0.1) is 17.2 Å². The van der Waals surface area contributed by atoms with Crippen molar-refractivity contribution < 1.29 is 23.9 Å². The number of carbonyl (C=O) groups excluding carboxylic acids is 3. The van der Waals surface area contributed by atoms with Crippen molar-refractivity contribution >= 4 is 46.9 Å². The molecule has 0 aliphatic rings. The highest BCUT2D eigenvalue weighted by Gasteiger charge is 2.12. The Kier molecular flexibility index (Phi) is 8.29. The topological polar surface area (TPSA) is 93.7 Å². The third kappa shape index (κ3) is 6.97. The smallest absolute Gasteiger partial charge is 0.434 e. The van der Waals surface area contributed by atoms with Gasteiger partial charge in [0.1, 0.15) is 5.75 Å². The number of benzene rings is 3. The Balaban J connectivity index is 1.52. The van der Waals surface area contributed by atoms with E-state index in [-0.39, 0.29) is 36.3 Å². The summed E-state index contributed by atoms with van der Waals surface area (Å²) in [4.78, 5) is 36.1. The Hall–Kier alpha value is -3.55. The minimum Gasteiger partial charge on any atom is -0.434 e. The van der Waals surface area contributed by atoms with Gasteiger partial charge in [-0.3, -0.25) is 9.59 Å². The fraction of sp³-hybridized carbons (Fsp3) is 0.125. The quantitative estimate of drug-likeness (QED) is 0.329. The molecule has 7 nitrogen and oxygen atoms in total. The van der Waals surface area contributed by atoms with Gasteiger partial charge in [-0.05, 0) is 67.1 Å². The van der Waals surface area contributed by atoms with Gasteiger partial charge in [0, 0.05) is 22.8 Å². The summed E-state index contributed by atoms with van der Waals surface area (Å²) < 4.78 is 9.66. The lowest BCUT2D eigenvalue weighted by Crippen LogP contribution is -2.22. The van der Waals surface area contributed by atoms with Gasteiger partial charge in [-0.2, -0.15) is 0 Å². The second-order valence-corrected chi connectivity index (χ2v) is 7.61. The molecule has 170 valence electrons. The van der Waals surface area contributed by atoms with E-state index >= 15 is 0 Å². The van der Waals surface area contributed by atoms with Crippen LogP contribution in [0.4, 0.5) is 10.5 Å². The average molecular weight is 487 g/mol. The largest absolute Gasteiger partial charge is 0.513 e. The van der Waals surface area contributed by atoms with Gasteiger partial charge in [0.2, 0.25) is 0 Å². The zero-order chi connectivity index (χ0) is 23.8. The number of nitrogens with one attached hydrogen (secondary N) is 2. The SMILES string of the molecule is CCOC(=O)Oc1ccc(C(=O)NCc2ccc(NC(=O)c3cc(Cl)ccc3Cl)cc2)cc1. The van der Waals surface area contributed by atoms with Crippen LogP contribution in [-0.2, 0) is 11.3 Å². The predicted molar refractivity (Wildman–Crippen MR) is 126 cm³/mol. The van der Waals surface area contributed by atoms with Crippen molar-refractivity contribution in [2.45, 2.75) is 13.5 Å². The number of hydrogen-bond donors (Lipinski definition) is 2. The van der Waals surface area contributed by atoms with E-state index in [1.807, 2.05) is 0 Å². The zero-order valence-corrected chi connectivity index (χ0v) is 19.1. The average Bonchev–Trinajstić information content (AvgIpc) is 2.80. The first-order valence-corrected chi connectivity index (χ1v) is 10.7. The van der Waals surface area contributed by atoms with Gasteiger partial charge in [-0.25, -0.2) is 4.79 Å². The molecule has 0 saturated carbocycles. The normalized spacial score (nSPS) is 10.3. The molecule has 2 amide bonds. The van der Waals surface area contributed by atoms with Crippen molar-refractivity contribution in [1.82, 2.24) is 5.32 Å². The van der Waals surface area contributed by atoms with Crippen molar-refractivity contribution in [3.63, 3.8) is 0 Å². The minimum absolute atomic E-state index is 0.211. The molecule has 0 fully saturated rings. The van der Waals surface area contributed by atoms with Crippen molar-refractivity contribution in [1.29, 1.82) is 0 Å². The number of halogens is 2. The second-order valence-electron chi connectivity index (χ2n) is 6.77. The molecule has 0 unspecified atom stereocenters. The Morgan fingerprint density at radius 2 is 1.58 bits per heavy atom. The third-order valence-corrected chi connectivity index (χ3v) is 4.98. The van der Waals surface area contributed by atoms with Gasteiger partial charge >= 0.3 is 6.16 Å². The van der Waals surface area contributed by atoms with E-state index in [0.29, 0.717) is 21.3 Å². The summed E-state index contributed by atoms with van der Waals surface area (Å²) in [7, 11) is 0. The molecule has 33 heavy (non-hydrogen) atoms. The molecule has 3 aromatic carbocycles.